The number of benzene rings is 1. The van der Waals surface area contributed by atoms with Gasteiger partial charge >= 0.3 is 0 Å². The van der Waals surface area contributed by atoms with Gasteiger partial charge in [0.05, 0.1) is 16.6 Å². The van der Waals surface area contributed by atoms with Crippen LogP contribution in [-0.2, 0) is 6.54 Å². The molecule has 1 aliphatic heterocycles. The number of likely N-dealkylation sites (tertiary alicyclic amines) is 1. The molecule has 4 heterocycles. The second kappa shape index (κ2) is 7.99. The van der Waals surface area contributed by atoms with Gasteiger partial charge in [0, 0.05) is 43.5 Å². The van der Waals surface area contributed by atoms with E-state index in [2.05, 4.69) is 63.9 Å². The zero-order valence-electron chi connectivity index (χ0n) is 19.3. The van der Waals surface area contributed by atoms with Gasteiger partial charge in [0.1, 0.15) is 5.69 Å². The van der Waals surface area contributed by atoms with Crippen molar-refractivity contribution < 1.29 is 4.79 Å². The van der Waals surface area contributed by atoms with Gasteiger partial charge in [-0.1, -0.05) is 18.2 Å². The van der Waals surface area contributed by atoms with Crippen LogP contribution >= 0.6 is 0 Å². The maximum absolute atomic E-state index is 13.8. The molecule has 0 atom stereocenters. The Kier molecular flexibility index (Phi) is 4.94. The molecular formula is C26H30N6O. The van der Waals surface area contributed by atoms with Gasteiger partial charge in [-0.25, -0.2) is 9.97 Å². The Labute approximate surface area is 193 Å². The Morgan fingerprint density at radius 2 is 1.73 bits per heavy atom. The number of carbonyl (C=O) groups excluding carboxylic acids is 1. The van der Waals surface area contributed by atoms with Gasteiger partial charge < -0.3 is 14.4 Å². The van der Waals surface area contributed by atoms with Gasteiger partial charge in [0.25, 0.3) is 5.91 Å². The summed E-state index contributed by atoms with van der Waals surface area (Å²) in [7, 11) is 4.24. The van der Waals surface area contributed by atoms with E-state index in [1.165, 1.54) is 18.4 Å². The first-order valence-electron chi connectivity index (χ1n) is 12.0. The maximum atomic E-state index is 13.8. The topological polar surface area (TPSA) is 59.2 Å². The van der Waals surface area contributed by atoms with Gasteiger partial charge in [-0.05, 0) is 63.9 Å². The fourth-order valence-electron chi connectivity index (χ4n) is 5.28. The van der Waals surface area contributed by atoms with Crippen molar-refractivity contribution in [3.05, 3.63) is 54.5 Å². The molecule has 6 rings (SSSR count). The van der Waals surface area contributed by atoms with Crippen LogP contribution < -0.4 is 0 Å². The Hall–Kier alpha value is -3.19. The van der Waals surface area contributed by atoms with Crippen molar-refractivity contribution in [1.29, 1.82) is 0 Å². The molecule has 0 bridgehead atoms. The van der Waals surface area contributed by atoms with Crippen LogP contribution in [0.25, 0.3) is 27.9 Å². The van der Waals surface area contributed by atoms with Crippen LogP contribution in [0.15, 0.2) is 48.8 Å². The van der Waals surface area contributed by atoms with Crippen LogP contribution in [0.2, 0.25) is 0 Å². The summed E-state index contributed by atoms with van der Waals surface area (Å²) in [6.45, 7) is 2.54. The van der Waals surface area contributed by atoms with E-state index in [1.54, 1.807) is 12.4 Å². The second-order valence-corrected chi connectivity index (χ2v) is 9.71. The van der Waals surface area contributed by atoms with Gasteiger partial charge in [-0.15, -0.1) is 0 Å². The molecule has 0 N–H and O–H groups in total. The molecule has 4 aromatic rings. The normalized spacial score (nSPS) is 17.5. The van der Waals surface area contributed by atoms with Crippen molar-refractivity contribution in [2.75, 3.05) is 27.2 Å². The predicted octanol–water partition coefficient (Wildman–Crippen LogP) is 3.95. The number of hydrogen-bond donors (Lipinski definition) is 0. The Bertz CT molecular complexity index is 1310. The Morgan fingerprint density at radius 1 is 1.00 bits per heavy atom. The van der Waals surface area contributed by atoms with Crippen LogP contribution in [0.4, 0.5) is 0 Å². The molecule has 7 nitrogen and oxygen atoms in total. The SMILES string of the molecule is CN(C)C1CCN(C(=O)c2cc3c(c4ccccc4n3CC3CC3)n2-c2ncccn2)CC1. The fourth-order valence-corrected chi connectivity index (χ4v) is 5.28. The zero-order chi connectivity index (χ0) is 22.5. The summed E-state index contributed by atoms with van der Waals surface area (Å²) in [6, 6.07) is 12.9. The van der Waals surface area contributed by atoms with Gasteiger partial charge in [0.2, 0.25) is 5.95 Å². The standard InChI is InChI=1S/C26H30N6O/c1-29(2)19-10-14-30(15-11-19)25(33)23-16-22-24(32(23)26-27-12-5-13-28-26)20-6-3-4-7-21(20)31(22)17-18-8-9-18/h3-7,12-13,16,18-19H,8-11,14-15,17H2,1-2H3. The Morgan fingerprint density at radius 3 is 2.42 bits per heavy atom. The minimum Gasteiger partial charge on any atom is -0.339 e. The van der Waals surface area contributed by atoms with Crippen LogP contribution in [0.5, 0.6) is 0 Å². The molecule has 0 unspecified atom stereocenters. The molecule has 7 heteroatoms. The van der Waals surface area contributed by atoms with Crippen molar-refractivity contribution in [3.8, 4) is 5.95 Å². The molecule has 1 aromatic carbocycles. The third-order valence-corrected chi connectivity index (χ3v) is 7.31. The van der Waals surface area contributed by atoms with Crippen molar-refractivity contribution in [3.63, 3.8) is 0 Å². The summed E-state index contributed by atoms with van der Waals surface area (Å²) < 4.78 is 4.39. The predicted molar refractivity (Wildman–Crippen MR) is 130 cm³/mol. The zero-order valence-corrected chi connectivity index (χ0v) is 19.3. The average Bonchev–Trinajstić information content (AvgIpc) is 3.52. The lowest BCUT2D eigenvalue weighted by atomic mass is 10.0. The number of piperidine rings is 1. The molecule has 33 heavy (non-hydrogen) atoms. The molecular weight excluding hydrogens is 412 g/mol. The number of hydrogen-bond acceptors (Lipinski definition) is 4. The average molecular weight is 443 g/mol. The number of carbonyl (C=O) groups is 1. The molecule has 1 amide bonds. The van der Waals surface area contributed by atoms with Gasteiger partial charge in [0.15, 0.2) is 0 Å². The summed E-state index contributed by atoms with van der Waals surface area (Å²) >= 11 is 0. The molecule has 170 valence electrons. The summed E-state index contributed by atoms with van der Waals surface area (Å²) in [4.78, 5) is 27.2. The minimum absolute atomic E-state index is 0.0675. The maximum Gasteiger partial charge on any atom is 0.271 e. The van der Waals surface area contributed by atoms with Crippen LogP contribution in [0.1, 0.15) is 36.2 Å². The lowest BCUT2D eigenvalue weighted by Gasteiger charge is -2.35. The Balaban J connectivity index is 1.51. The van der Waals surface area contributed by atoms with Crippen molar-refractivity contribution in [2.24, 2.45) is 5.92 Å². The summed E-state index contributed by atoms with van der Waals surface area (Å²) in [5.74, 6) is 1.34. The van der Waals surface area contributed by atoms with E-state index >= 15 is 0 Å². The molecule has 1 saturated heterocycles. The van der Waals surface area contributed by atoms with E-state index in [-0.39, 0.29) is 5.91 Å². The number of fused-ring (bicyclic) bond motifs is 3. The summed E-state index contributed by atoms with van der Waals surface area (Å²) in [5, 5.41) is 1.14. The van der Waals surface area contributed by atoms with Crippen LogP contribution in [0.3, 0.4) is 0 Å². The second-order valence-electron chi connectivity index (χ2n) is 9.71. The molecule has 1 saturated carbocycles. The van der Waals surface area contributed by atoms with E-state index in [1.807, 2.05) is 15.5 Å². The highest BCUT2D eigenvalue weighted by atomic mass is 16.2. The lowest BCUT2D eigenvalue weighted by molar-refractivity contribution is 0.0655. The minimum atomic E-state index is 0.0675. The molecule has 2 aliphatic rings. The van der Waals surface area contributed by atoms with Crippen LogP contribution in [0, 0.1) is 5.92 Å². The highest BCUT2D eigenvalue weighted by Gasteiger charge is 2.31. The number of nitrogens with zero attached hydrogens (tertiary/aromatic N) is 6. The van der Waals surface area contributed by atoms with Crippen molar-refractivity contribution in [2.45, 2.75) is 38.3 Å². The van der Waals surface area contributed by atoms with Gasteiger partial charge in [-0.2, -0.15) is 0 Å². The lowest BCUT2D eigenvalue weighted by Crippen LogP contribution is -2.44. The first-order chi connectivity index (χ1) is 16.1. The smallest absolute Gasteiger partial charge is 0.271 e. The molecule has 2 fully saturated rings. The van der Waals surface area contributed by atoms with Crippen LogP contribution in [-0.4, -0.2) is 68.0 Å². The van der Waals surface area contributed by atoms with Crippen molar-refractivity contribution >= 4 is 27.8 Å². The van der Waals surface area contributed by atoms with E-state index < -0.39 is 0 Å². The van der Waals surface area contributed by atoms with E-state index in [0.29, 0.717) is 17.7 Å². The monoisotopic (exact) mass is 442 g/mol. The molecule has 0 radical (unpaired) electrons. The molecule has 3 aromatic heterocycles. The quantitative estimate of drug-likeness (QED) is 0.470. The molecule has 0 spiro atoms. The van der Waals surface area contributed by atoms with Gasteiger partial charge in [-0.3, -0.25) is 9.36 Å². The largest absolute Gasteiger partial charge is 0.339 e. The highest BCUT2D eigenvalue weighted by molar-refractivity contribution is 6.11. The number of rotatable bonds is 5. The van der Waals surface area contributed by atoms with E-state index in [4.69, 9.17) is 0 Å². The summed E-state index contributed by atoms with van der Waals surface area (Å²) in [6.07, 6.45) is 8.05. The first kappa shape index (κ1) is 20.4. The van der Waals surface area contributed by atoms with E-state index in [9.17, 15) is 4.79 Å². The number of para-hydroxylation sites is 1. The fraction of sp³-hybridized carbons (Fsp3) is 0.423. The summed E-state index contributed by atoms with van der Waals surface area (Å²) in [5.41, 5.74) is 4.00. The third kappa shape index (κ3) is 3.51. The number of aromatic nitrogens is 4. The van der Waals surface area contributed by atoms with E-state index in [0.717, 1.165) is 54.8 Å². The molecule has 1 aliphatic carbocycles. The number of amides is 1. The van der Waals surface area contributed by atoms with Crippen molar-refractivity contribution in [1.82, 2.24) is 28.9 Å². The first-order valence-corrected chi connectivity index (χ1v) is 12.0. The highest BCUT2D eigenvalue weighted by Crippen LogP contribution is 2.38. The third-order valence-electron chi connectivity index (χ3n) is 7.31.